The molecule has 0 saturated heterocycles. The number of ether oxygens (including phenoxy) is 2. The number of anilines is 5. The van der Waals surface area contributed by atoms with Crippen molar-refractivity contribution in [3.8, 4) is 39.8 Å². The Hall–Kier alpha value is -17.5. The van der Waals surface area contributed by atoms with Gasteiger partial charge in [-0.15, -0.1) is 22.7 Å². The fraction of sp³-hybridized carbons (Fsp3) is 0.270. The highest BCUT2D eigenvalue weighted by Gasteiger charge is 2.25. The van der Waals surface area contributed by atoms with Crippen LogP contribution >= 0.6 is 45.6 Å². The Balaban J connectivity index is 0.000000140. The fourth-order valence-electron chi connectivity index (χ4n) is 15.9. The lowest BCUT2D eigenvalue weighted by Gasteiger charge is -2.10. The number of benzene rings is 6. The van der Waals surface area contributed by atoms with Gasteiger partial charge < -0.3 is 58.9 Å². The largest absolute Gasteiger partial charge is 0.494 e. The summed E-state index contributed by atoms with van der Waals surface area (Å²) in [6.07, 6.45) is 13.3. The topological polar surface area (TPSA) is 512 Å². The molecule has 45 nitrogen and oxygen atoms in total. The van der Waals surface area contributed by atoms with Crippen LogP contribution in [0.1, 0.15) is 69.2 Å². The van der Waals surface area contributed by atoms with Crippen molar-refractivity contribution in [1.82, 2.24) is 108 Å². The first kappa shape index (κ1) is 106. The van der Waals surface area contributed by atoms with Crippen LogP contribution in [0.4, 0.5) is 26.8 Å². The maximum absolute atomic E-state index is 12.6. The van der Waals surface area contributed by atoms with Gasteiger partial charge in [0.05, 0.1) is 59.8 Å². The zero-order valence-corrected chi connectivity index (χ0v) is 86.8. The van der Waals surface area contributed by atoms with E-state index in [9.17, 15) is 71.9 Å². The van der Waals surface area contributed by atoms with Crippen LogP contribution in [-0.2, 0) is 146 Å². The second-order valence-corrected chi connectivity index (χ2v) is 37.6. The first-order valence-corrected chi connectivity index (χ1v) is 49.6. The van der Waals surface area contributed by atoms with E-state index < -0.39 is 56.2 Å². The summed E-state index contributed by atoms with van der Waals surface area (Å²) < 4.78 is 30.8. The Morgan fingerprint density at radius 3 is 1.04 bits per heavy atom. The normalized spacial score (nSPS) is 11.1. The maximum atomic E-state index is 12.6. The highest BCUT2D eigenvalue weighted by molar-refractivity contribution is 7.22. The van der Waals surface area contributed by atoms with Crippen LogP contribution in [-0.4, -0.2) is 145 Å². The van der Waals surface area contributed by atoms with Gasteiger partial charge in [0.1, 0.15) is 50.0 Å². The number of unbranched alkanes of at least 4 members (excludes halogenated alkanes) is 1. The molecule has 5 amide bonds. The highest BCUT2D eigenvalue weighted by Crippen LogP contribution is 2.32. The summed E-state index contributed by atoms with van der Waals surface area (Å²) in [6.45, 7) is 10.2. The van der Waals surface area contributed by atoms with E-state index in [0.29, 0.717) is 49.9 Å². The van der Waals surface area contributed by atoms with Crippen LogP contribution in [0, 0.1) is 6.92 Å². The van der Waals surface area contributed by atoms with Gasteiger partial charge in [-0.3, -0.25) is 93.6 Å². The van der Waals surface area contributed by atoms with Crippen molar-refractivity contribution >= 4 is 168 Å². The molecule has 0 unspecified atom stereocenters. The number of imidazole rings is 5. The van der Waals surface area contributed by atoms with Gasteiger partial charge in [0, 0.05) is 109 Å². The monoisotopic (exact) mass is 2100 g/mol. The Morgan fingerprint density at radius 1 is 0.349 bits per heavy atom. The second-order valence-electron chi connectivity index (χ2n) is 34.5. The number of amides is 5. The molecular weight excluding hydrogens is 2000 g/mol. The van der Waals surface area contributed by atoms with Crippen molar-refractivity contribution in [3.63, 3.8) is 0 Å². The van der Waals surface area contributed by atoms with Crippen LogP contribution < -0.4 is 92.3 Å². The molecule has 13 heterocycles. The number of carbonyl (C=O) groups excluding carboxylic acids is 5. The summed E-state index contributed by atoms with van der Waals surface area (Å²) in [5, 5.41) is 19.6. The molecule has 0 radical (unpaired) electrons. The molecule has 0 aliphatic heterocycles. The summed E-state index contributed by atoms with van der Waals surface area (Å²) in [5.41, 5.74) is 7.58. The Bertz CT molecular complexity index is 9050. The average molecular weight is 2100 g/mol. The lowest BCUT2D eigenvalue weighted by Crippen LogP contribution is -2.37. The van der Waals surface area contributed by atoms with Crippen molar-refractivity contribution < 1.29 is 33.4 Å². The second kappa shape index (κ2) is 45.8. The zero-order valence-electron chi connectivity index (χ0n) is 83.6. The van der Waals surface area contributed by atoms with Gasteiger partial charge >= 0.3 is 28.4 Å². The van der Waals surface area contributed by atoms with E-state index in [0.717, 1.165) is 105 Å². The SMILES string of the molecule is CCCCc1ccc2nc(NC(=O)Cn3cnc4c3c(=O)n(C)c(=O)n4C)sc2c1.CCCc1ccc(-c2csc(NC(=O)Cn3cnc4c3c(=O)n(C)c(=O)n4C)n2)cc1.CCOc1ccc(Oc2ccc(NC(=O)Cn3cnc4c3c(=O)n(C)c(=O)n4C)cc2)cc1.CCc1ccc(-c2csc(NC(=O)Cn3cnc4c3c(=O)n(C)c(=O)n4C)n2)cc1.Cc1ccc(NC(=O)Cn2cnc3c2c(=O)n(C)c(=O)n3C)cc1Cl. The maximum Gasteiger partial charge on any atom is 0.332 e. The van der Waals surface area contributed by atoms with E-state index in [2.05, 4.69) is 124 Å². The minimum absolute atomic E-state index is 0.110. The minimum Gasteiger partial charge on any atom is -0.494 e. The van der Waals surface area contributed by atoms with Crippen LogP contribution in [0.2, 0.25) is 5.02 Å². The van der Waals surface area contributed by atoms with Gasteiger partial charge in [-0.1, -0.05) is 117 Å². The predicted octanol–water partition coefficient (Wildman–Crippen LogP) is 9.23. The summed E-state index contributed by atoms with van der Waals surface area (Å²) >= 11 is 10.1. The third kappa shape index (κ3) is 23.4. The molecule has 19 aromatic rings. The molecule has 0 spiro atoms. The van der Waals surface area contributed by atoms with Gasteiger partial charge in [-0.05, 0) is 135 Å². The number of fused-ring (bicyclic) bond motifs is 6. The fourth-order valence-corrected chi connectivity index (χ4v) is 18.5. The van der Waals surface area contributed by atoms with Crippen LogP contribution in [0.5, 0.6) is 17.2 Å². The van der Waals surface area contributed by atoms with Gasteiger partial charge in [0.25, 0.3) is 27.8 Å². The third-order valence-corrected chi connectivity index (χ3v) is 26.9. The first-order valence-electron chi connectivity index (χ1n) is 46.6. The van der Waals surface area contributed by atoms with Crippen molar-refractivity contribution in [2.75, 3.05) is 33.2 Å². The summed E-state index contributed by atoms with van der Waals surface area (Å²) in [5.74, 6) is 0.367. The lowest BCUT2D eigenvalue weighted by molar-refractivity contribution is -0.117. The molecule has 149 heavy (non-hydrogen) atoms. The smallest absolute Gasteiger partial charge is 0.332 e. The quantitative estimate of drug-likeness (QED) is 0.0320. The number of hydrogen-bond acceptors (Lipinski definition) is 28. The molecule has 0 atom stereocenters. The molecule has 0 bridgehead atoms. The van der Waals surface area contributed by atoms with E-state index in [1.165, 1.54) is 198 Å². The van der Waals surface area contributed by atoms with E-state index in [4.69, 9.17) is 21.1 Å². The molecule has 5 N–H and O–H groups in total. The number of nitrogens with zero attached hydrogens (tertiary/aromatic N) is 23. The standard InChI is InChI=1S/C23H23N5O5.C21H22N6O3S.C20H20N6O3S.C20H22N6O3S.C16H16ClN5O3/c1-4-32-16-9-11-18(12-10-16)33-17-7-5-15(6-8-17)25-19(29)13-28-14-24-21-20(28)22(30)27(3)23(31)26(21)2;1-4-5-13-6-8-14(9-7-13)15-11-31-20(23-15)24-16(28)10-27-12-22-18-17(27)19(29)26(3)21(30)25(18)2;1-4-12-5-7-13(8-6-12)14-10-30-19(22-14)23-15(27)9-26-11-21-17-16(26)18(28)25(3)20(29)24(17)2;1-4-5-6-12-7-8-13-14(9-12)30-19(22-13)23-15(27)10-26-11-21-17-16(26)18(28)25(3)20(29)24(17)2;1-9-4-5-10(6-11(9)17)19-12(23)7-22-8-18-14-13(22)15(24)21(3)16(25)20(14)2/h5-12,14H,4,13H2,1-3H3,(H,25,29);6-9,11-12H,4-5,10H2,1-3H3,(H,23,24,28);5-8,10-11H,4,9H2,1-3H3,(H,22,23,27);7-9,11H,4-6,10H2,1-3H3,(H,22,23,27);4-6,8H,7H2,1-3H3,(H,19,23). The number of nitrogens with one attached hydrogen (secondary N) is 5. The summed E-state index contributed by atoms with van der Waals surface area (Å²) in [7, 11) is 14.6. The van der Waals surface area contributed by atoms with Crippen molar-refractivity contribution in [2.24, 2.45) is 70.5 Å². The third-order valence-electron chi connectivity index (χ3n) is 24.1. The van der Waals surface area contributed by atoms with E-state index in [1.54, 1.807) is 42.5 Å². The van der Waals surface area contributed by atoms with Gasteiger partial charge in [0.2, 0.25) is 29.5 Å². The van der Waals surface area contributed by atoms with Crippen LogP contribution in [0.15, 0.2) is 224 Å². The molecule has 0 aliphatic carbocycles. The molecule has 6 aromatic carbocycles. The molecule has 770 valence electrons. The molecule has 0 saturated carbocycles. The van der Waals surface area contributed by atoms with E-state index >= 15 is 0 Å². The Kier molecular flexibility index (Phi) is 32.5. The summed E-state index contributed by atoms with van der Waals surface area (Å²) in [6, 6.07) is 42.0. The van der Waals surface area contributed by atoms with Crippen molar-refractivity contribution in [2.45, 2.75) is 106 Å². The van der Waals surface area contributed by atoms with Crippen molar-refractivity contribution in [3.05, 3.63) is 307 Å². The van der Waals surface area contributed by atoms with Crippen LogP contribution in [0.3, 0.4) is 0 Å². The molecule has 0 fully saturated rings. The molecule has 13 aromatic heterocycles. The number of thiazole rings is 3. The van der Waals surface area contributed by atoms with E-state index in [1.807, 2.05) is 79.2 Å². The molecule has 49 heteroatoms. The van der Waals surface area contributed by atoms with Gasteiger partial charge in [0.15, 0.2) is 71.2 Å². The first-order chi connectivity index (χ1) is 71.3. The zero-order chi connectivity index (χ0) is 107. The van der Waals surface area contributed by atoms with Gasteiger partial charge in [-0.25, -0.2) is 63.8 Å². The lowest BCUT2D eigenvalue weighted by atomic mass is 10.1. The van der Waals surface area contributed by atoms with Crippen molar-refractivity contribution in [1.29, 1.82) is 0 Å². The van der Waals surface area contributed by atoms with E-state index in [-0.39, 0.29) is 118 Å². The number of hydrogen-bond donors (Lipinski definition) is 5. The van der Waals surface area contributed by atoms with Crippen LogP contribution in [0.25, 0.3) is 88.6 Å². The molecule has 0 aliphatic rings. The summed E-state index contributed by atoms with van der Waals surface area (Å²) in [4.78, 5) is 219. The number of aryl methyl sites for hydroxylation is 9. The highest BCUT2D eigenvalue weighted by atomic mass is 35.5. The number of halogens is 1. The number of rotatable bonds is 27. The van der Waals surface area contributed by atoms with Gasteiger partial charge in [-0.2, -0.15) is 0 Å². The number of carbonyl (C=O) groups is 5. The molecular formula is C100H103ClN28O17S3. The predicted molar refractivity (Wildman–Crippen MR) is 571 cm³/mol. The Labute approximate surface area is 861 Å². The minimum atomic E-state index is -0.505. The Morgan fingerprint density at radius 2 is 0.685 bits per heavy atom. The molecule has 19 rings (SSSR count). The number of aromatic nitrogens is 23. The average Bonchev–Trinajstić information content (AvgIpc) is 1.66.